The zero-order chi connectivity index (χ0) is 32.3. The average Bonchev–Trinajstić information content (AvgIpc) is 3.51. The van der Waals surface area contributed by atoms with Crippen LogP contribution in [0.1, 0.15) is 64.2 Å². The van der Waals surface area contributed by atoms with Crippen LogP contribution in [-0.4, -0.2) is 54.6 Å². The molecule has 240 valence electrons. The number of allylic oxidation sites excluding steroid dienone is 1. The number of hydrogen-bond acceptors (Lipinski definition) is 13. The summed E-state index contributed by atoms with van der Waals surface area (Å²) in [6.45, 7) is 3.82. The van der Waals surface area contributed by atoms with E-state index in [2.05, 4.69) is 6.58 Å². The van der Waals surface area contributed by atoms with Gasteiger partial charge in [0.2, 0.25) is 0 Å². The summed E-state index contributed by atoms with van der Waals surface area (Å²) in [4.78, 5) is 61.4. The third kappa shape index (κ3) is 9.14. The first kappa shape index (κ1) is 34.1. The number of carbonyl (C=O) groups is 5. The van der Waals surface area contributed by atoms with E-state index in [4.69, 9.17) is 18.9 Å². The Hall–Kier alpha value is -3.76. The normalized spacial score (nSPS) is 23.4. The quantitative estimate of drug-likeness (QED) is 0.0579. The third-order valence-corrected chi connectivity index (χ3v) is 10.7. The second kappa shape index (κ2) is 16.5. The number of phenols is 1. The molecule has 3 aliphatic rings. The molecule has 13 heteroatoms. The Morgan fingerprint density at radius 1 is 0.867 bits per heavy atom. The first-order chi connectivity index (χ1) is 21.7. The molecule has 45 heavy (non-hydrogen) atoms. The summed E-state index contributed by atoms with van der Waals surface area (Å²) < 4.78 is 22.1. The third-order valence-electron chi connectivity index (χ3n) is 7.99. The molecule has 0 aromatic heterocycles. The number of unbranched alkanes of at least 4 members (excludes halogenated alkanes) is 1. The molecule has 1 N–H and O–H groups in total. The molecule has 0 radical (unpaired) electrons. The van der Waals surface area contributed by atoms with Crippen molar-refractivity contribution < 1.29 is 48.0 Å². The molecule has 2 aliphatic carbocycles. The van der Waals surface area contributed by atoms with Crippen LogP contribution in [0, 0.1) is 29.1 Å². The van der Waals surface area contributed by atoms with E-state index < -0.39 is 11.9 Å². The number of fused-ring (bicyclic) bond motifs is 1. The van der Waals surface area contributed by atoms with E-state index in [0.29, 0.717) is 84.5 Å². The molecule has 4 rings (SSSR count). The van der Waals surface area contributed by atoms with Crippen molar-refractivity contribution in [3.8, 4) is 17.6 Å². The van der Waals surface area contributed by atoms with Crippen molar-refractivity contribution in [1.82, 2.24) is 0 Å². The van der Waals surface area contributed by atoms with Crippen LogP contribution >= 0.6 is 23.5 Å². The molecule has 1 aromatic rings. The summed E-state index contributed by atoms with van der Waals surface area (Å²) in [5.74, 6) is -2.13. The molecule has 0 saturated heterocycles. The minimum atomic E-state index is -0.480. The van der Waals surface area contributed by atoms with Gasteiger partial charge >= 0.3 is 23.9 Å². The zero-order valence-corrected chi connectivity index (χ0v) is 26.3. The number of nitriles is 1. The maximum atomic E-state index is 13.0. The topological polar surface area (TPSA) is 166 Å². The molecule has 2 saturated carbocycles. The number of aldehydes is 1. The molecular formula is C32H35NO10S2. The van der Waals surface area contributed by atoms with Gasteiger partial charge in [0.1, 0.15) is 29.2 Å². The van der Waals surface area contributed by atoms with Crippen molar-refractivity contribution in [2.24, 2.45) is 17.8 Å². The Morgan fingerprint density at radius 2 is 1.44 bits per heavy atom. The smallest absolute Gasteiger partial charge is 0.330 e. The summed E-state index contributed by atoms with van der Waals surface area (Å²) in [5, 5.41) is 19.4. The monoisotopic (exact) mass is 657 g/mol. The van der Waals surface area contributed by atoms with Crippen molar-refractivity contribution in [3.63, 3.8) is 0 Å². The number of ether oxygens (including phenoxy) is 4. The number of esters is 4. The molecule has 11 nitrogen and oxygen atoms in total. The minimum absolute atomic E-state index is 0.0337. The van der Waals surface area contributed by atoms with Crippen molar-refractivity contribution >= 4 is 53.7 Å². The lowest BCUT2D eigenvalue weighted by Gasteiger charge is -2.30. The predicted molar refractivity (Wildman–Crippen MR) is 163 cm³/mol. The van der Waals surface area contributed by atoms with Crippen molar-refractivity contribution in [2.45, 2.75) is 80.1 Å². The van der Waals surface area contributed by atoms with Gasteiger partial charge in [-0.3, -0.25) is 19.2 Å². The summed E-state index contributed by atoms with van der Waals surface area (Å²) in [6, 6.07) is 4.73. The first-order valence-corrected chi connectivity index (χ1v) is 16.6. The van der Waals surface area contributed by atoms with E-state index in [-0.39, 0.29) is 66.1 Å². The molecule has 0 amide bonds. The molecule has 2 fully saturated rings. The van der Waals surface area contributed by atoms with E-state index in [0.717, 1.165) is 29.6 Å². The van der Waals surface area contributed by atoms with Crippen molar-refractivity contribution in [3.05, 3.63) is 34.6 Å². The van der Waals surface area contributed by atoms with Crippen LogP contribution in [0.2, 0.25) is 0 Å². The van der Waals surface area contributed by atoms with Crippen LogP contribution in [0.3, 0.4) is 0 Å². The number of benzene rings is 1. The number of phenolic OH excluding ortho intramolecular Hbond substituents is 1. The van der Waals surface area contributed by atoms with Gasteiger partial charge in [-0.25, -0.2) is 4.79 Å². The van der Waals surface area contributed by atoms with Gasteiger partial charge in [-0.1, -0.05) is 30.1 Å². The number of rotatable bonds is 12. The highest BCUT2D eigenvalue weighted by Gasteiger charge is 2.35. The molecule has 1 heterocycles. The Kier molecular flexibility index (Phi) is 12.5. The van der Waals surface area contributed by atoms with Crippen LogP contribution in [0.5, 0.6) is 11.5 Å². The van der Waals surface area contributed by atoms with Crippen LogP contribution in [-0.2, 0) is 38.2 Å². The van der Waals surface area contributed by atoms with Crippen LogP contribution in [0.4, 0.5) is 0 Å². The number of carbonyl (C=O) groups excluding carboxylic acids is 5. The zero-order valence-electron chi connectivity index (χ0n) is 24.7. The van der Waals surface area contributed by atoms with Gasteiger partial charge in [-0.15, -0.1) is 0 Å². The van der Waals surface area contributed by atoms with Gasteiger partial charge in [0.15, 0.2) is 6.29 Å². The lowest BCUT2D eigenvalue weighted by Crippen LogP contribution is -2.33. The lowest BCUT2D eigenvalue weighted by molar-refractivity contribution is -0.160. The summed E-state index contributed by atoms with van der Waals surface area (Å²) in [7, 11) is 0. The summed E-state index contributed by atoms with van der Waals surface area (Å²) >= 11 is 2.19. The number of hydrogen-bond donors (Lipinski definition) is 1. The fraction of sp³-hybridized carbons (Fsp3) is 0.500. The van der Waals surface area contributed by atoms with Gasteiger partial charge in [0.25, 0.3) is 0 Å². The first-order valence-electron chi connectivity index (χ1n) is 14.9. The minimum Gasteiger partial charge on any atom is -0.507 e. The van der Waals surface area contributed by atoms with Gasteiger partial charge in [-0.2, -0.15) is 5.26 Å². The Balaban J connectivity index is 1.16. The van der Waals surface area contributed by atoms with E-state index in [1.54, 1.807) is 0 Å². The fourth-order valence-electron chi connectivity index (χ4n) is 5.41. The van der Waals surface area contributed by atoms with Gasteiger partial charge < -0.3 is 24.1 Å². The molecule has 0 spiro atoms. The highest BCUT2D eigenvalue weighted by molar-refractivity contribution is 8.24. The molecule has 1 aliphatic heterocycles. The number of nitrogens with zero attached hydrogens (tertiary/aromatic N) is 1. The molecular weight excluding hydrogens is 622 g/mol. The van der Waals surface area contributed by atoms with Gasteiger partial charge in [0, 0.05) is 6.08 Å². The highest BCUT2D eigenvalue weighted by atomic mass is 32.2. The average molecular weight is 658 g/mol. The molecule has 0 unspecified atom stereocenters. The van der Waals surface area contributed by atoms with E-state index in [1.165, 1.54) is 12.1 Å². The standard InChI is InChI=1S/C32H35NO10S2/c1-2-26(36)40-15-3-4-16-41-29(37)19-5-7-20(8-6-19)30(38)42-23-11-9-21(10-12-23)31(39)43-25-14-13-24(35)27-28(25)45-32(44-27)22(17-33)18-34/h2,13-14,18-21,23,35H,1,3-12,15-16H2/b32-22-. The van der Waals surface area contributed by atoms with Gasteiger partial charge in [-0.05, 0) is 76.3 Å². The summed E-state index contributed by atoms with van der Waals surface area (Å²) in [6.07, 6.45) is 6.65. The Labute approximate surface area is 269 Å². The summed E-state index contributed by atoms with van der Waals surface area (Å²) in [5.41, 5.74) is -0.0599. The second-order valence-electron chi connectivity index (χ2n) is 11.0. The molecule has 0 bridgehead atoms. The van der Waals surface area contributed by atoms with Crippen LogP contribution < -0.4 is 4.74 Å². The molecule has 1 aromatic carbocycles. The number of thioether (sulfide) groups is 2. The lowest BCUT2D eigenvalue weighted by atomic mass is 9.82. The van der Waals surface area contributed by atoms with Crippen molar-refractivity contribution in [1.29, 1.82) is 5.26 Å². The highest BCUT2D eigenvalue weighted by Crippen LogP contribution is 2.58. The van der Waals surface area contributed by atoms with Crippen molar-refractivity contribution in [2.75, 3.05) is 13.2 Å². The Morgan fingerprint density at radius 3 is 2.07 bits per heavy atom. The van der Waals surface area contributed by atoms with Crippen LogP contribution in [0.15, 0.2) is 44.4 Å². The fourth-order valence-corrected chi connectivity index (χ4v) is 7.87. The predicted octanol–water partition coefficient (Wildman–Crippen LogP) is 5.39. The Bertz CT molecular complexity index is 1380. The van der Waals surface area contributed by atoms with E-state index in [1.807, 2.05) is 6.07 Å². The van der Waals surface area contributed by atoms with E-state index >= 15 is 0 Å². The maximum Gasteiger partial charge on any atom is 0.330 e. The number of aromatic hydroxyl groups is 1. The van der Waals surface area contributed by atoms with E-state index in [9.17, 15) is 34.3 Å². The SMILES string of the molecule is C=CC(=O)OCCCCOC(=O)C1CCC(C(=O)OC2CCC(C(=O)Oc3ccc(O)c4c3S/C(=C(/C#N)C=O)S4)CC2)CC1. The maximum absolute atomic E-state index is 13.0. The largest absolute Gasteiger partial charge is 0.507 e. The van der Waals surface area contributed by atoms with Crippen LogP contribution in [0.25, 0.3) is 0 Å². The molecule has 0 atom stereocenters. The van der Waals surface area contributed by atoms with Gasteiger partial charge in [0.05, 0.1) is 45.0 Å². The second-order valence-corrected chi connectivity index (χ2v) is 13.3.